The second-order valence-electron chi connectivity index (χ2n) is 9.18. The molecule has 0 aliphatic carbocycles. The van der Waals surface area contributed by atoms with Crippen LogP contribution in [-0.2, 0) is 9.53 Å². The lowest BCUT2D eigenvalue weighted by molar-refractivity contribution is -0.141. The summed E-state index contributed by atoms with van der Waals surface area (Å²) in [5.41, 5.74) is 0.970. The molecule has 2 atom stereocenters. The Kier molecular flexibility index (Phi) is 5.89. The van der Waals surface area contributed by atoms with E-state index in [9.17, 15) is 4.79 Å². The number of cyclic esters (lactones) is 1. The normalized spacial score (nSPS) is 20.9. The van der Waals surface area contributed by atoms with E-state index in [0.717, 1.165) is 65.4 Å². The molecule has 184 valence electrons. The highest BCUT2D eigenvalue weighted by molar-refractivity contribution is 5.89. The van der Waals surface area contributed by atoms with Crippen molar-refractivity contribution in [3.05, 3.63) is 42.7 Å². The molecule has 9 heteroatoms. The van der Waals surface area contributed by atoms with E-state index in [4.69, 9.17) is 14.2 Å². The molecule has 0 bridgehead atoms. The molecule has 1 aromatic heterocycles. The van der Waals surface area contributed by atoms with Gasteiger partial charge in [-0.15, -0.1) is 0 Å². The molecule has 6 rings (SSSR count). The quantitative estimate of drug-likeness (QED) is 0.466. The van der Waals surface area contributed by atoms with Gasteiger partial charge < -0.3 is 29.7 Å². The van der Waals surface area contributed by atoms with Crippen molar-refractivity contribution in [1.29, 1.82) is 0 Å². The van der Waals surface area contributed by atoms with Crippen molar-refractivity contribution < 1.29 is 20.4 Å². The van der Waals surface area contributed by atoms with Crippen molar-refractivity contribution in [3.63, 3.8) is 0 Å². The van der Waals surface area contributed by atoms with Crippen molar-refractivity contribution >= 4 is 34.1 Å². The number of nitrogens with zero attached hydrogens (tertiary/aromatic N) is 3. The van der Waals surface area contributed by atoms with E-state index in [-0.39, 0.29) is 19.4 Å². The molecular weight excluding hydrogens is 446 g/mol. The maximum absolute atomic E-state index is 11.7. The molecule has 2 N–H and O–H groups in total. The van der Waals surface area contributed by atoms with Gasteiger partial charge in [0.1, 0.15) is 30.1 Å². The van der Waals surface area contributed by atoms with Crippen LogP contribution in [0, 0.1) is 5.92 Å². The molecule has 0 radical (unpaired) electrons. The van der Waals surface area contributed by atoms with Crippen LogP contribution in [0.4, 0.5) is 17.3 Å². The number of nitrogens with one attached hydrogen (secondary N) is 2. The second-order valence-corrected chi connectivity index (χ2v) is 9.18. The summed E-state index contributed by atoms with van der Waals surface area (Å²) < 4.78 is 17.4. The summed E-state index contributed by atoms with van der Waals surface area (Å²) in [6.45, 7) is 3.19. The van der Waals surface area contributed by atoms with Gasteiger partial charge in [-0.1, -0.05) is 18.2 Å². The van der Waals surface area contributed by atoms with Crippen LogP contribution >= 0.6 is 0 Å². The number of carbonyl (C=O) groups is 1. The van der Waals surface area contributed by atoms with Crippen LogP contribution in [0.5, 0.6) is 11.5 Å². The van der Waals surface area contributed by atoms with E-state index >= 15 is 0 Å². The fourth-order valence-corrected chi connectivity index (χ4v) is 5.14. The van der Waals surface area contributed by atoms with Gasteiger partial charge in [0.2, 0.25) is 0 Å². The van der Waals surface area contributed by atoms with Crippen molar-refractivity contribution in [1.82, 2.24) is 9.97 Å². The molecule has 2 saturated heterocycles. The van der Waals surface area contributed by atoms with E-state index < -0.39 is 0 Å². The van der Waals surface area contributed by atoms with E-state index in [0.29, 0.717) is 32.9 Å². The van der Waals surface area contributed by atoms with E-state index in [1.807, 2.05) is 30.3 Å². The van der Waals surface area contributed by atoms with Crippen LogP contribution in [0.25, 0.3) is 10.8 Å². The standard InChI is InChI=1S/C26H29N5O4.H2/c32-26-18(9-12-34-26)8-11-33-20-7-6-17-3-1-5-22(21(17)13-20)35-14-19-4-2-10-31(19)25-23-24(28-15-27-23)29-16-30-25;/h1,3,5-7,13,16,18-19,27H,2,4,8-12,14-15H2,(H,28,29,30);1H/t18?,19-;/m1./s1. The highest BCUT2D eigenvalue weighted by atomic mass is 16.5. The number of benzene rings is 2. The summed E-state index contributed by atoms with van der Waals surface area (Å²) in [5.74, 6) is 3.25. The summed E-state index contributed by atoms with van der Waals surface area (Å²) in [4.78, 5) is 22.9. The number of anilines is 3. The molecule has 3 aliphatic heterocycles. The van der Waals surface area contributed by atoms with E-state index in [1.54, 1.807) is 6.33 Å². The lowest BCUT2D eigenvalue weighted by Crippen LogP contribution is -2.35. The number of hydrogen-bond acceptors (Lipinski definition) is 9. The minimum absolute atomic E-state index is 0. The average molecular weight is 478 g/mol. The SMILES string of the molecule is O=C1OCCC1CCOc1ccc2cccc(OC[C@H]3CCCN3c3ncnc4c3NCN4)c2c1.[HH]. The monoisotopic (exact) mass is 477 g/mol. The van der Waals surface area contributed by atoms with Gasteiger partial charge in [0, 0.05) is 13.4 Å². The van der Waals surface area contributed by atoms with Crippen LogP contribution in [0.1, 0.15) is 27.1 Å². The Bertz CT molecular complexity index is 1240. The maximum atomic E-state index is 11.7. The number of aromatic nitrogens is 2. The Balaban J connectivity index is 0.00000267. The molecule has 9 nitrogen and oxygen atoms in total. The number of esters is 1. The number of ether oxygens (including phenoxy) is 3. The third kappa shape index (κ3) is 4.38. The molecule has 2 fully saturated rings. The lowest BCUT2D eigenvalue weighted by Gasteiger charge is -2.27. The average Bonchev–Trinajstić information content (AvgIpc) is 3.64. The Labute approximate surface area is 205 Å². The van der Waals surface area contributed by atoms with Crippen LogP contribution < -0.4 is 25.0 Å². The lowest BCUT2D eigenvalue weighted by atomic mass is 10.1. The molecule has 2 aromatic carbocycles. The molecule has 3 aromatic rings. The smallest absolute Gasteiger partial charge is 0.309 e. The third-order valence-corrected chi connectivity index (χ3v) is 7.02. The Hall–Kier alpha value is -3.75. The van der Waals surface area contributed by atoms with Gasteiger partial charge in [0.15, 0.2) is 11.6 Å². The van der Waals surface area contributed by atoms with Crippen LogP contribution in [0.3, 0.4) is 0 Å². The van der Waals surface area contributed by atoms with Gasteiger partial charge in [0.25, 0.3) is 0 Å². The van der Waals surface area contributed by atoms with Gasteiger partial charge in [-0.2, -0.15) is 0 Å². The number of hydrogen-bond donors (Lipinski definition) is 2. The van der Waals surface area contributed by atoms with Crippen molar-refractivity contribution in [2.75, 3.05) is 48.6 Å². The highest BCUT2D eigenvalue weighted by Crippen LogP contribution is 2.37. The first kappa shape index (κ1) is 21.8. The number of fused-ring (bicyclic) bond motifs is 2. The summed E-state index contributed by atoms with van der Waals surface area (Å²) in [5, 5.41) is 8.70. The molecule has 3 aliphatic rings. The van der Waals surface area contributed by atoms with Crippen LogP contribution in [0.2, 0.25) is 0 Å². The zero-order valence-corrected chi connectivity index (χ0v) is 19.5. The van der Waals surface area contributed by atoms with Gasteiger partial charge >= 0.3 is 5.97 Å². The third-order valence-electron chi connectivity index (χ3n) is 7.02. The van der Waals surface area contributed by atoms with Crippen molar-refractivity contribution in [2.45, 2.75) is 31.7 Å². The molecule has 4 heterocycles. The first-order valence-corrected chi connectivity index (χ1v) is 12.3. The molecule has 35 heavy (non-hydrogen) atoms. The second kappa shape index (κ2) is 9.48. The Morgan fingerprint density at radius 1 is 1.14 bits per heavy atom. The topological polar surface area (TPSA) is 97.8 Å². The molecule has 0 saturated carbocycles. The zero-order valence-electron chi connectivity index (χ0n) is 19.5. The van der Waals surface area contributed by atoms with E-state index in [2.05, 4.69) is 31.6 Å². The fraction of sp³-hybridized carbons (Fsp3) is 0.423. The fourth-order valence-electron chi connectivity index (χ4n) is 5.14. The zero-order chi connectivity index (χ0) is 23.6. The summed E-state index contributed by atoms with van der Waals surface area (Å²) in [6.07, 6.45) is 5.22. The van der Waals surface area contributed by atoms with Gasteiger partial charge in [0.05, 0.1) is 31.8 Å². The number of carbonyl (C=O) groups excluding carboxylic acids is 1. The molecular formula is C26H31N5O4. The predicted octanol–water partition coefficient (Wildman–Crippen LogP) is 4.05. The summed E-state index contributed by atoms with van der Waals surface area (Å²) in [7, 11) is 0. The van der Waals surface area contributed by atoms with E-state index in [1.165, 1.54) is 0 Å². The minimum atomic E-state index is -0.109. The van der Waals surface area contributed by atoms with Crippen LogP contribution in [-0.4, -0.2) is 55.0 Å². The van der Waals surface area contributed by atoms with Crippen LogP contribution in [0.15, 0.2) is 42.7 Å². The molecule has 0 amide bonds. The largest absolute Gasteiger partial charge is 0.494 e. The minimum Gasteiger partial charge on any atom is -0.494 e. The predicted molar refractivity (Wildman–Crippen MR) is 135 cm³/mol. The Morgan fingerprint density at radius 2 is 2.11 bits per heavy atom. The van der Waals surface area contributed by atoms with Gasteiger partial charge in [-0.3, -0.25) is 4.79 Å². The van der Waals surface area contributed by atoms with Gasteiger partial charge in [-0.25, -0.2) is 9.97 Å². The summed E-state index contributed by atoms with van der Waals surface area (Å²) in [6, 6.07) is 12.4. The van der Waals surface area contributed by atoms with Gasteiger partial charge in [-0.05, 0) is 49.3 Å². The van der Waals surface area contributed by atoms with Crippen molar-refractivity contribution in [3.8, 4) is 11.5 Å². The number of rotatable bonds is 8. The highest BCUT2D eigenvalue weighted by Gasteiger charge is 2.30. The molecule has 0 spiro atoms. The first-order chi connectivity index (χ1) is 17.3. The van der Waals surface area contributed by atoms with Crippen molar-refractivity contribution in [2.24, 2.45) is 5.92 Å². The first-order valence-electron chi connectivity index (χ1n) is 12.3. The maximum Gasteiger partial charge on any atom is 0.309 e. The Morgan fingerprint density at radius 3 is 3.03 bits per heavy atom. The molecule has 1 unspecified atom stereocenters. The summed E-state index contributed by atoms with van der Waals surface area (Å²) >= 11 is 0.